The molecule has 0 radical (unpaired) electrons. The molecule has 0 unspecified atom stereocenters. The molecule has 2 heterocycles. The van der Waals surface area contributed by atoms with E-state index in [1.54, 1.807) is 6.20 Å². The van der Waals surface area contributed by atoms with Crippen molar-refractivity contribution in [2.75, 3.05) is 12.8 Å². The van der Waals surface area contributed by atoms with Crippen molar-refractivity contribution >= 4 is 5.82 Å². The monoisotopic (exact) mass is 261 g/mol. The highest BCUT2D eigenvalue weighted by Crippen LogP contribution is 2.13. The lowest BCUT2D eigenvalue weighted by Crippen LogP contribution is -2.18. The molecule has 102 valence electrons. The second-order valence-electron chi connectivity index (χ2n) is 4.92. The van der Waals surface area contributed by atoms with Crippen molar-refractivity contribution in [3.63, 3.8) is 0 Å². The van der Waals surface area contributed by atoms with Crippen LogP contribution in [0.1, 0.15) is 37.0 Å². The smallest absolute Gasteiger partial charge is 0.240 e. The number of nitrogens with zero attached hydrogens (tertiary/aromatic N) is 4. The molecule has 0 fully saturated rings. The quantitative estimate of drug-likeness (QED) is 0.884. The molecule has 0 aliphatic heterocycles. The second kappa shape index (κ2) is 5.79. The molecule has 0 aliphatic carbocycles. The molecule has 0 aliphatic rings. The minimum atomic E-state index is 0.275. The predicted octanol–water partition coefficient (Wildman–Crippen LogP) is 1.80. The van der Waals surface area contributed by atoms with E-state index in [9.17, 15) is 0 Å². The Bertz CT molecular complexity index is 537. The maximum atomic E-state index is 5.82. The summed E-state index contributed by atoms with van der Waals surface area (Å²) in [5, 5.41) is 3.94. The first-order valence-corrected chi connectivity index (χ1v) is 6.26. The fourth-order valence-corrected chi connectivity index (χ4v) is 1.73. The van der Waals surface area contributed by atoms with Crippen LogP contribution >= 0.6 is 0 Å². The summed E-state index contributed by atoms with van der Waals surface area (Å²) in [7, 11) is 1.98. The number of nitrogens with two attached hydrogens (primary N) is 1. The van der Waals surface area contributed by atoms with Crippen molar-refractivity contribution in [1.82, 2.24) is 20.0 Å². The lowest BCUT2D eigenvalue weighted by atomic mass is 10.2. The Morgan fingerprint density at radius 2 is 2.16 bits per heavy atom. The Morgan fingerprint density at radius 3 is 2.79 bits per heavy atom. The number of nitrogen functional groups attached to an aromatic ring is 1. The van der Waals surface area contributed by atoms with E-state index in [4.69, 9.17) is 10.3 Å². The zero-order valence-corrected chi connectivity index (χ0v) is 11.5. The van der Waals surface area contributed by atoms with Crippen LogP contribution in [0.3, 0.4) is 0 Å². The van der Waals surface area contributed by atoms with E-state index in [0.29, 0.717) is 24.8 Å². The van der Waals surface area contributed by atoms with Gasteiger partial charge in [-0.15, -0.1) is 0 Å². The van der Waals surface area contributed by atoms with Gasteiger partial charge in [0, 0.05) is 24.2 Å². The maximum absolute atomic E-state index is 5.82. The first-order chi connectivity index (χ1) is 9.06. The third-order valence-corrected chi connectivity index (χ3v) is 2.77. The molecule has 0 saturated carbocycles. The van der Waals surface area contributed by atoms with Gasteiger partial charge in [-0.3, -0.25) is 4.90 Å². The van der Waals surface area contributed by atoms with E-state index in [-0.39, 0.29) is 5.92 Å². The zero-order chi connectivity index (χ0) is 13.8. The lowest BCUT2D eigenvalue weighted by molar-refractivity contribution is 0.260. The molecule has 0 atom stereocenters. The molecular formula is C13H19N5O. The molecule has 0 aromatic carbocycles. The van der Waals surface area contributed by atoms with E-state index in [0.717, 1.165) is 11.4 Å². The molecule has 2 rings (SSSR count). The van der Waals surface area contributed by atoms with Crippen molar-refractivity contribution in [3.05, 3.63) is 35.6 Å². The minimum Gasteiger partial charge on any atom is -0.383 e. The molecule has 19 heavy (non-hydrogen) atoms. The molecule has 0 bridgehead atoms. The Balaban J connectivity index is 1.97. The predicted molar refractivity (Wildman–Crippen MR) is 72.2 cm³/mol. The van der Waals surface area contributed by atoms with Crippen molar-refractivity contribution in [2.45, 2.75) is 32.9 Å². The van der Waals surface area contributed by atoms with Crippen molar-refractivity contribution in [1.29, 1.82) is 0 Å². The normalized spacial score (nSPS) is 11.4. The van der Waals surface area contributed by atoms with E-state index >= 15 is 0 Å². The largest absolute Gasteiger partial charge is 0.383 e. The number of anilines is 1. The Kier molecular flexibility index (Phi) is 4.11. The van der Waals surface area contributed by atoms with Crippen LogP contribution in [0.25, 0.3) is 0 Å². The van der Waals surface area contributed by atoms with Gasteiger partial charge in [-0.05, 0) is 13.1 Å². The van der Waals surface area contributed by atoms with Gasteiger partial charge in [-0.25, -0.2) is 4.98 Å². The zero-order valence-electron chi connectivity index (χ0n) is 11.5. The minimum absolute atomic E-state index is 0.275. The van der Waals surface area contributed by atoms with Gasteiger partial charge in [-0.1, -0.05) is 25.1 Å². The summed E-state index contributed by atoms with van der Waals surface area (Å²) in [5.74, 6) is 2.19. The number of rotatable bonds is 5. The summed E-state index contributed by atoms with van der Waals surface area (Å²) in [6.45, 7) is 5.36. The highest BCUT2D eigenvalue weighted by Gasteiger charge is 2.12. The van der Waals surface area contributed by atoms with Crippen LogP contribution in [0.5, 0.6) is 0 Å². The Labute approximate surface area is 112 Å². The third-order valence-electron chi connectivity index (χ3n) is 2.77. The summed E-state index contributed by atoms with van der Waals surface area (Å²) in [5.41, 5.74) is 6.81. The van der Waals surface area contributed by atoms with E-state index in [2.05, 4.69) is 20.0 Å². The topological polar surface area (TPSA) is 81.1 Å². The molecule has 6 nitrogen and oxygen atoms in total. The number of hydrogen-bond donors (Lipinski definition) is 1. The molecule has 0 saturated heterocycles. The molecule has 2 N–H and O–H groups in total. The van der Waals surface area contributed by atoms with Gasteiger partial charge in [-0.2, -0.15) is 4.98 Å². The molecule has 6 heteroatoms. The van der Waals surface area contributed by atoms with Gasteiger partial charge >= 0.3 is 0 Å². The summed E-state index contributed by atoms with van der Waals surface area (Å²) in [6, 6.07) is 3.84. The van der Waals surface area contributed by atoms with Gasteiger partial charge in [0.2, 0.25) is 5.89 Å². The SMILES string of the molecule is CC(C)c1noc(CN(C)Cc2cccnc2N)n1. The summed E-state index contributed by atoms with van der Waals surface area (Å²) in [4.78, 5) is 10.5. The highest BCUT2D eigenvalue weighted by atomic mass is 16.5. The van der Waals surface area contributed by atoms with Crippen LogP contribution in [0.2, 0.25) is 0 Å². The van der Waals surface area contributed by atoms with Crippen molar-refractivity contribution in [2.24, 2.45) is 0 Å². The van der Waals surface area contributed by atoms with Crippen molar-refractivity contribution < 1.29 is 4.52 Å². The van der Waals surface area contributed by atoms with E-state index < -0.39 is 0 Å². The van der Waals surface area contributed by atoms with Crippen LogP contribution in [-0.2, 0) is 13.1 Å². The van der Waals surface area contributed by atoms with Crippen LogP contribution in [0.4, 0.5) is 5.82 Å². The fraction of sp³-hybridized carbons (Fsp3) is 0.462. The standard InChI is InChI=1S/C13H19N5O/c1-9(2)13-16-11(19-17-13)8-18(3)7-10-5-4-6-15-12(10)14/h4-6,9H,7-8H2,1-3H3,(H2,14,15). The van der Waals surface area contributed by atoms with Crippen LogP contribution in [0, 0.1) is 0 Å². The summed E-state index contributed by atoms with van der Waals surface area (Å²) >= 11 is 0. The number of pyridine rings is 1. The van der Waals surface area contributed by atoms with Gasteiger partial charge in [0.15, 0.2) is 5.82 Å². The van der Waals surface area contributed by atoms with Crippen LogP contribution < -0.4 is 5.73 Å². The first kappa shape index (κ1) is 13.5. The van der Waals surface area contributed by atoms with E-state index in [1.807, 2.05) is 33.0 Å². The average Bonchev–Trinajstić information content (AvgIpc) is 2.80. The molecule has 0 spiro atoms. The van der Waals surface area contributed by atoms with E-state index in [1.165, 1.54) is 0 Å². The van der Waals surface area contributed by atoms with Gasteiger partial charge in [0.1, 0.15) is 5.82 Å². The third kappa shape index (κ3) is 3.51. The molecular weight excluding hydrogens is 242 g/mol. The van der Waals surface area contributed by atoms with Gasteiger partial charge < -0.3 is 10.3 Å². The summed E-state index contributed by atoms with van der Waals surface area (Å²) in [6.07, 6.45) is 1.69. The average molecular weight is 261 g/mol. The van der Waals surface area contributed by atoms with Crippen LogP contribution in [0.15, 0.2) is 22.9 Å². The van der Waals surface area contributed by atoms with Crippen molar-refractivity contribution in [3.8, 4) is 0 Å². The second-order valence-corrected chi connectivity index (χ2v) is 4.92. The maximum Gasteiger partial charge on any atom is 0.240 e. The first-order valence-electron chi connectivity index (χ1n) is 6.26. The molecule has 2 aromatic rings. The molecule has 2 aromatic heterocycles. The number of hydrogen-bond acceptors (Lipinski definition) is 6. The van der Waals surface area contributed by atoms with Gasteiger partial charge in [0.05, 0.1) is 6.54 Å². The van der Waals surface area contributed by atoms with Gasteiger partial charge in [0.25, 0.3) is 0 Å². The molecule has 0 amide bonds. The van der Waals surface area contributed by atoms with Crippen LogP contribution in [-0.4, -0.2) is 27.1 Å². The fourth-order valence-electron chi connectivity index (χ4n) is 1.73. The number of aromatic nitrogens is 3. The summed E-state index contributed by atoms with van der Waals surface area (Å²) < 4.78 is 5.21. The highest BCUT2D eigenvalue weighted by molar-refractivity contribution is 5.38. The lowest BCUT2D eigenvalue weighted by Gasteiger charge is -2.14. The Morgan fingerprint density at radius 1 is 1.37 bits per heavy atom. The Hall–Kier alpha value is -1.95.